The van der Waals surface area contributed by atoms with E-state index in [4.69, 9.17) is 4.74 Å². The largest absolute Gasteiger partial charge is 0.377 e. The lowest BCUT2D eigenvalue weighted by atomic mass is 10.1. The highest BCUT2D eigenvalue weighted by atomic mass is 16.5. The molecule has 0 bridgehead atoms. The molecule has 4 rings (SSSR count). The molecule has 3 heterocycles. The first-order chi connectivity index (χ1) is 12.1. The van der Waals surface area contributed by atoms with Crippen LogP contribution in [-0.2, 0) is 23.1 Å². The minimum absolute atomic E-state index is 0.0451. The Morgan fingerprint density at radius 1 is 1.28 bits per heavy atom. The van der Waals surface area contributed by atoms with Crippen LogP contribution >= 0.6 is 0 Å². The smallest absolute Gasteiger partial charge is 0.243 e. The Balaban J connectivity index is 1.62. The van der Waals surface area contributed by atoms with Crippen LogP contribution in [0.15, 0.2) is 42.6 Å². The van der Waals surface area contributed by atoms with Gasteiger partial charge in [-0.25, -0.2) is 4.98 Å². The maximum Gasteiger partial charge on any atom is 0.243 e. The van der Waals surface area contributed by atoms with Crippen LogP contribution in [0, 0.1) is 6.92 Å². The number of aromatic nitrogens is 3. The van der Waals surface area contributed by atoms with Crippen LogP contribution in [0.1, 0.15) is 17.6 Å². The number of hydrogen-bond donors (Lipinski definition) is 0. The zero-order valence-electron chi connectivity index (χ0n) is 14.6. The number of imidazole rings is 1. The summed E-state index contributed by atoms with van der Waals surface area (Å²) in [5.74, 6) is 0.957. The van der Waals surface area contributed by atoms with Gasteiger partial charge in [-0.15, -0.1) is 0 Å². The van der Waals surface area contributed by atoms with E-state index in [1.165, 1.54) is 0 Å². The predicted molar refractivity (Wildman–Crippen MR) is 95.2 cm³/mol. The Labute approximate surface area is 146 Å². The number of para-hydroxylation sites is 2. The average Bonchev–Trinajstić information content (AvgIpc) is 3.18. The quantitative estimate of drug-likeness (QED) is 0.736. The van der Waals surface area contributed by atoms with Crippen LogP contribution in [0.4, 0.5) is 0 Å². The fourth-order valence-electron chi connectivity index (χ4n) is 3.59. The molecule has 3 aromatic rings. The fraction of sp³-hybridized carbons (Fsp3) is 0.368. The molecule has 6 heteroatoms. The summed E-state index contributed by atoms with van der Waals surface area (Å²) in [5, 5.41) is 0. The summed E-state index contributed by atoms with van der Waals surface area (Å²) < 4.78 is 9.69. The molecule has 6 nitrogen and oxygen atoms in total. The van der Waals surface area contributed by atoms with E-state index in [0.717, 1.165) is 22.6 Å². The van der Waals surface area contributed by atoms with E-state index in [2.05, 4.69) is 15.6 Å². The van der Waals surface area contributed by atoms with E-state index in [0.29, 0.717) is 26.3 Å². The molecule has 1 fully saturated rings. The molecule has 1 aliphatic heterocycles. The van der Waals surface area contributed by atoms with E-state index >= 15 is 0 Å². The number of ether oxygens (including phenoxy) is 1. The predicted octanol–water partition coefficient (Wildman–Crippen LogP) is 2.28. The van der Waals surface area contributed by atoms with Crippen LogP contribution in [0.2, 0.25) is 0 Å². The van der Waals surface area contributed by atoms with Crippen LogP contribution < -0.4 is 0 Å². The topological polar surface area (TPSA) is 52.3 Å². The Hall–Kier alpha value is -2.60. The van der Waals surface area contributed by atoms with Crippen molar-refractivity contribution >= 4 is 16.9 Å². The number of hydrogen-bond acceptors (Lipinski definition) is 3. The van der Waals surface area contributed by atoms with E-state index in [1.54, 1.807) is 0 Å². The van der Waals surface area contributed by atoms with Gasteiger partial charge in [0, 0.05) is 25.5 Å². The van der Waals surface area contributed by atoms with Gasteiger partial charge in [-0.3, -0.25) is 4.79 Å². The Morgan fingerprint density at radius 3 is 2.92 bits per heavy atom. The SMILES string of the molecule is Cc1nc2ccccc2n1CC(=O)N1CCOCC1c1cccn1C. The number of nitrogens with zero attached hydrogens (tertiary/aromatic N) is 4. The maximum absolute atomic E-state index is 13.1. The fourth-order valence-corrected chi connectivity index (χ4v) is 3.59. The van der Waals surface area contributed by atoms with Gasteiger partial charge in [0.2, 0.25) is 5.91 Å². The van der Waals surface area contributed by atoms with Crippen molar-refractivity contribution in [3.8, 4) is 0 Å². The first kappa shape index (κ1) is 15.9. The molecule has 1 aliphatic rings. The van der Waals surface area contributed by atoms with Crippen molar-refractivity contribution in [2.75, 3.05) is 19.8 Å². The second-order valence-corrected chi connectivity index (χ2v) is 6.46. The summed E-state index contributed by atoms with van der Waals surface area (Å²) in [6.45, 7) is 3.97. The Bertz CT molecular complexity index is 911. The first-order valence-corrected chi connectivity index (χ1v) is 8.55. The van der Waals surface area contributed by atoms with Gasteiger partial charge in [0.15, 0.2) is 0 Å². The van der Waals surface area contributed by atoms with Crippen LogP contribution in [0.3, 0.4) is 0 Å². The normalized spacial score (nSPS) is 18.0. The molecule has 0 saturated carbocycles. The monoisotopic (exact) mass is 338 g/mol. The number of rotatable bonds is 3. The van der Waals surface area contributed by atoms with Gasteiger partial charge in [-0.05, 0) is 31.2 Å². The van der Waals surface area contributed by atoms with E-state index in [1.807, 2.05) is 60.0 Å². The minimum Gasteiger partial charge on any atom is -0.377 e. The lowest BCUT2D eigenvalue weighted by Gasteiger charge is -2.36. The summed E-state index contributed by atoms with van der Waals surface area (Å²) in [6.07, 6.45) is 2.00. The van der Waals surface area contributed by atoms with E-state index in [-0.39, 0.29) is 11.9 Å². The third kappa shape index (κ3) is 2.82. The highest BCUT2D eigenvalue weighted by Crippen LogP contribution is 2.25. The Morgan fingerprint density at radius 2 is 2.12 bits per heavy atom. The van der Waals surface area contributed by atoms with Crippen molar-refractivity contribution in [2.24, 2.45) is 7.05 Å². The summed E-state index contributed by atoms with van der Waals surface area (Å²) in [7, 11) is 2.00. The highest BCUT2D eigenvalue weighted by Gasteiger charge is 2.30. The van der Waals surface area contributed by atoms with Crippen molar-refractivity contribution in [3.05, 3.63) is 54.1 Å². The molecule has 130 valence electrons. The number of fused-ring (bicyclic) bond motifs is 1. The molecule has 1 unspecified atom stereocenters. The molecule has 0 N–H and O–H groups in total. The first-order valence-electron chi connectivity index (χ1n) is 8.55. The zero-order chi connectivity index (χ0) is 17.4. The summed E-state index contributed by atoms with van der Waals surface area (Å²) >= 11 is 0. The molecule has 0 spiro atoms. The molecule has 1 saturated heterocycles. The van der Waals surface area contributed by atoms with Crippen LogP contribution in [0.25, 0.3) is 11.0 Å². The molecule has 0 radical (unpaired) electrons. The summed E-state index contributed by atoms with van der Waals surface area (Å²) in [5.41, 5.74) is 3.02. The Kier molecular flexibility index (Phi) is 4.05. The molecule has 0 aliphatic carbocycles. The van der Waals surface area contributed by atoms with Gasteiger partial charge in [0.1, 0.15) is 12.4 Å². The second kappa shape index (κ2) is 6.37. The lowest BCUT2D eigenvalue weighted by molar-refractivity contribution is -0.141. The summed E-state index contributed by atoms with van der Waals surface area (Å²) in [4.78, 5) is 19.6. The standard InChI is InChI=1S/C19H22N4O2/c1-14-20-15-6-3-4-7-16(15)23(14)12-19(24)22-10-11-25-13-18(22)17-8-5-9-21(17)2/h3-9,18H,10-13H2,1-2H3. The number of morpholine rings is 1. The maximum atomic E-state index is 13.1. The van der Waals surface area contributed by atoms with Gasteiger partial charge in [0.05, 0.1) is 30.3 Å². The highest BCUT2D eigenvalue weighted by molar-refractivity contribution is 5.81. The third-order valence-electron chi connectivity index (χ3n) is 4.91. The molecule has 2 aromatic heterocycles. The second-order valence-electron chi connectivity index (χ2n) is 6.46. The summed E-state index contributed by atoms with van der Waals surface area (Å²) in [6, 6.07) is 11.9. The van der Waals surface area contributed by atoms with Crippen molar-refractivity contribution < 1.29 is 9.53 Å². The minimum atomic E-state index is -0.0451. The zero-order valence-corrected chi connectivity index (χ0v) is 14.6. The van der Waals surface area contributed by atoms with Gasteiger partial charge in [-0.1, -0.05) is 12.1 Å². The molecular formula is C19H22N4O2. The molecule has 25 heavy (non-hydrogen) atoms. The number of amides is 1. The van der Waals surface area contributed by atoms with E-state index < -0.39 is 0 Å². The van der Waals surface area contributed by atoms with Crippen molar-refractivity contribution in [2.45, 2.75) is 19.5 Å². The molecule has 1 amide bonds. The number of benzene rings is 1. The van der Waals surface area contributed by atoms with Crippen molar-refractivity contribution in [1.82, 2.24) is 19.0 Å². The molecule has 1 atom stereocenters. The molecular weight excluding hydrogens is 316 g/mol. The van der Waals surface area contributed by atoms with Crippen LogP contribution in [0.5, 0.6) is 0 Å². The van der Waals surface area contributed by atoms with Crippen molar-refractivity contribution in [3.63, 3.8) is 0 Å². The van der Waals surface area contributed by atoms with E-state index in [9.17, 15) is 4.79 Å². The van der Waals surface area contributed by atoms with Gasteiger partial charge in [0.25, 0.3) is 0 Å². The lowest BCUT2D eigenvalue weighted by Crippen LogP contribution is -2.45. The van der Waals surface area contributed by atoms with Crippen molar-refractivity contribution in [1.29, 1.82) is 0 Å². The number of aryl methyl sites for hydroxylation is 2. The van der Waals surface area contributed by atoms with Crippen LogP contribution in [-0.4, -0.2) is 44.7 Å². The number of carbonyl (C=O) groups is 1. The average molecular weight is 338 g/mol. The van der Waals surface area contributed by atoms with Gasteiger partial charge in [-0.2, -0.15) is 0 Å². The molecule has 1 aromatic carbocycles. The van der Waals surface area contributed by atoms with Gasteiger partial charge >= 0.3 is 0 Å². The van der Waals surface area contributed by atoms with Gasteiger partial charge < -0.3 is 18.8 Å². The number of carbonyl (C=O) groups excluding carboxylic acids is 1. The third-order valence-corrected chi connectivity index (χ3v) is 4.91.